The topological polar surface area (TPSA) is 58.9 Å². The molecule has 6 unspecified atom stereocenters. The average Bonchev–Trinajstić information content (AvgIpc) is 3.17. The third-order valence-corrected chi connectivity index (χ3v) is 15.9. The second-order valence-corrected chi connectivity index (χ2v) is 22.3. The highest BCUT2D eigenvalue weighted by Gasteiger charge is 2.50. The van der Waals surface area contributed by atoms with Crippen LogP contribution in [0.5, 0.6) is 17.2 Å². The van der Waals surface area contributed by atoms with Crippen molar-refractivity contribution in [1.82, 2.24) is 0 Å². The first-order valence-corrected chi connectivity index (χ1v) is 22.9. The third-order valence-electron chi connectivity index (χ3n) is 12.2. The van der Waals surface area contributed by atoms with Gasteiger partial charge in [0.1, 0.15) is 0 Å². The van der Waals surface area contributed by atoms with E-state index < -0.39 is 85.4 Å². The minimum Gasteiger partial charge on any atom is -0.504 e. The molecule has 2 aromatic carbocycles. The van der Waals surface area contributed by atoms with Gasteiger partial charge in [0.05, 0.1) is 10.7 Å². The van der Waals surface area contributed by atoms with Crippen molar-refractivity contribution in [2.45, 2.75) is 133 Å². The summed E-state index contributed by atoms with van der Waals surface area (Å²) in [6, 6.07) is 3.25. The number of benzene rings is 2. The largest absolute Gasteiger partial charge is 0.504 e. The minimum atomic E-state index is -2.06. The summed E-state index contributed by atoms with van der Waals surface area (Å²) < 4.78 is 129. The summed E-state index contributed by atoms with van der Waals surface area (Å²) in [7, 11) is 2.00. The van der Waals surface area contributed by atoms with Gasteiger partial charge in [-0.25, -0.2) is 30.7 Å². The number of rotatable bonds is 11. The van der Waals surface area contributed by atoms with Crippen molar-refractivity contribution in [3.63, 3.8) is 0 Å². The Morgan fingerprint density at radius 1 is 0.820 bits per heavy atom. The molecule has 6 atom stereocenters. The van der Waals surface area contributed by atoms with Gasteiger partial charge in [0.15, 0.2) is 69.8 Å². The van der Waals surface area contributed by atoms with Gasteiger partial charge in [-0.1, -0.05) is 92.9 Å². The van der Waals surface area contributed by atoms with Gasteiger partial charge in [-0.05, 0) is 65.7 Å². The summed E-state index contributed by atoms with van der Waals surface area (Å²) in [6.45, 7) is 18.3. The molecular formula is C46H55F8O4PS2. The first-order chi connectivity index (χ1) is 28.2. The van der Waals surface area contributed by atoms with Crippen LogP contribution in [0.1, 0.15) is 117 Å². The Hall–Kier alpha value is -3.09. The maximum absolute atomic E-state index is 15.3. The molecule has 336 valence electrons. The monoisotopic (exact) mass is 918 g/mol. The Balaban J connectivity index is 1.44. The SMILES string of the molecule is C=Cc1c(F)c(F)c(F)c(F)c1Oc1cc(C(C)(C)C)cc(CSC2CCCCCCC2SCC2=C(O)C(OC3C(F)=C(F)C(F)=C(F)C3(C)P)=CC(C)(C(C)(C)C)C2)c1O. The zero-order valence-corrected chi connectivity index (χ0v) is 38.5. The first-order valence-electron chi connectivity index (χ1n) is 20.2. The number of halogens is 8. The molecule has 0 saturated heterocycles. The molecular weight excluding hydrogens is 864 g/mol. The van der Waals surface area contributed by atoms with Gasteiger partial charge in [0.25, 0.3) is 0 Å². The first kappa shape index (κ1) is 48.9. The smallest absolute Gasteiger partial charge is 0.205 e. The van der Waals surface area contributed by atoms with Crippen molar-refractivity contribution in [2.75, 3.05) is 5.75 Å². The van der Waals surface area contributed by atoms with Crippen molar-refractivity contribution in [3.05, 3.63) is 105 Å². The van der Waals surface area contributed by atoms with E-state index in [0.29, 0.717) is 28.9 Å². The number of hydrogen-bond acceptors (Lipinski definition) is 6. The quantitative estimate of drug-likeness (QED) is 0.101. The molecule has 4 nitrogen and oxygen atoms in total. The molecule has 0 aromatic heterocycles. The highest BCUT2D eigenvalue weighted by atomic mass is 32.2. The van der Waals surface area contributed by atoms with Crippen LogP contribution in [-0.4, -0.2) is 37.7 Å². The molecule has 0 radical (unpaired) electrons. The predicted molar refractivity (Wildman–Crippen MR) is 234 cm³/mol. The van der Waals surface area contributed by atoms with Crippen molar-refractivity contribution < 1.29 is 54.8 Å². The van der Waals surface area contributed by atoms with E-state index in [2.05, 4.69) is 6.58 Å². The Labute approximate surface area is 364 Å². The lowest BCUT2D eigenvalue weighted by atomic mass is 9.63. The molecule has 5 rings (SSSR count). The fourth-order valence-electron chi connectivity index (χ4n) is 7.54. The van der Waals surface area contributed by atoms with Gasteiger partial charge >= 0.3 is 0 Å². The van der Waals surface area contributed by atoms with Gasteiger partial charge in [-0.2, -0.15) is 27.9 Å². The Morgan fingerprint density at radius 2 is 1.39 bits per heavy atom. The van der Waals surface area contributed by atoms with E-state index in [1.165, 1.54) is 13.0 Å². The molecule has 0 spiro atoms. The van der Waals surface area contributed by atoms with Gasteiger partial charge < -0.3 is 19.7 Å². The lowest BCUT2D eigenvalue weighted by Gasteiger charge is -2.44. The number of aliphatic hydroxyl groups excluding tert-OH is 1. The Kier molecular flexibility index (Phi) is 14.9. The normalized spacial score (nSPS) is 25.7. The lowest BCUT2D eigenvalue weighted by molar-refractivity contribution is 0.0676. The molecule has 0 bridgehead atoms. The van der Waals surface area contributed by atoms with Crippen LogP contribution in [-0.2, 0) is 15.9 Å². The van der Waals surface area contributed by atoms with E-state index >= 15 is 8.78 Å². The number of thioether (sulfide) groups is 2. The zero-order chi connectivity index (χ0) is 45.6. The maximum atomic E-state index is 15.3. The molecule has 1 fully saturated rings. The fourth-order valence-corrected chi connectivity index (χ4v) is 11.0. The van der Waals surface area contributed by atoms with Crippen molar-refractivity contribution in [3.8, 4) is 17.2 Å². The van der Waals surface area contributed by atoms with Crippen LogP contribution in [0.4, 0.5) is 35.1 Å². The number of ether oxygens (including phenoxy) is 2. The summed E-state index contributed by atoms with van der Waals surface area (Å²) in [5.41, 5.74) is -0.650. The molecule has 15 heteroatoms. The van der Waals surface area contributed by atoms with Crippen LogP contribution >= 0.6 is 32.8 Å². The lowest BCUT2D eigenvalue weighted by Crippen LogP contribution is -2.41. The summed E-state index contributed by atoms with van der Waals surface area (Å²) in [6.07, 6.45) is 6.53. The average molecular weight is 919 g/mol. The second kappa shape index (κ2) is 18.6. The minimum absolute atomic E-state index is 0.0380. The molecule has 2 N–H and O–H groups in total. The molecule has 2 aromatic rings. The Morgan fingerprint density at radius 3 is 1.95 bits per heavy atom. The van der Waals surface area contributed by atoms with Gasteiger partial charge in [-0.3, -0.25) is 0 Å². The molecule has 3 aliphatic carbocycles. The number of phenols is 1. The van der Waals surface area contributed by atoms with Crippen LogP contribution in [0.2, 0.25) is 0 Å². The highest BCUT2D eigenvalue weighted by molar-refractivity contribution is 8.03. The number of allylic oxidation sites excluding steroid dienone is 3. The molecule has 61 heavy (non-hydrogen) atoms. The summed E-state index contributed by atoms with van der Waals surface area (Å²) in [4.78, 5) is 0. The zero-order valence-electron chi connectivity index (χ0n) is 35.7. The second-order valence-electron chi connectivity index (χ2n) is 18.6. The summed E-state index contributed by atoms with van der Waals surface area (Å²) in [5.74, 6) is -16.0. The number of aromatic hydroxyl groups is 1. The van der Waals surface area contributed by atoms with Crippen molar-refractivity contribution >= 4 is 38.8 Å². The van der Waals surface area contributed by atoms with Gasteiger partial charge in [0, 0.05) is 27.6 Å². The van der Waals surface area contributed by atoms with Crippen molar-refractivity contribution in [1.29, 1.82) is 0 Å². The standard InChI is InChI=1S/C46H55F8O4PS2/c1-10-26-31(47)32(48)33(49)35(51)40(26)57-27-18-25(43(2,3)4)17-23(38(27)55)21-60-29-15-13-11-12-14-16-30(29)61-22-24-19-45(8,44(5,6)7)20-28(39(24)56)58-42-37(53)34(50)36(52)41(54)46(42,9)59/h10,17-18,20,29-30,42,55-56H,1,11-16,19,21-22,59H2,2-9H3. The number of phenolic OH excluding ortho intramolecular Hbond substituents is 1. The van der Waals surface area contributed by atoms with E-state index in [1.54, 1.807) is 35.7 Å². The summed E-state index contributed by atoms with van der Waals surface area (Å²) in [5, 5.41) is 21.3. The predicted octanol–water partition coefficient (Wildman–Crippen LogP) is 15.2. The van der Waals surface area contributed by atoms with Crippen molar-refractivity contribution in [2.24, 2.45) is 10.8 Å². The third kappa shape index (κ3) is 10.0. The van der Waals surface area contributed by atoms with E-state index in [4.69, 9.17) is 9.47 Å². The molecule has 0 amide bonds. The molecule has 3 aliphatic rings. The van der Waals surface area contributed by atoms with E-state index in [-0.39, 0.29) is 39.3 Å². The molecule has 0 heterocycles. The number of hydrogen-bond donors (Lipinski definition) is 2. The van der Waals surface area contributed by atoms with Crippen LogP contribution in [0.25, 0.3) is 6.08 Å². The van der Waals surface area contributed by atoms with Crippen LogP contribution < -0.4 is 4.74 Å². The van der Waals surface area contributed by atoms with Gasteiger partial charge in [-0.15, -0.1) is 9.24 Å². The van der Waals surface area contributed by atoms with E-state index in [1.807, 2.05) is 57.7 Å². The molecule has 1 saturated carbocycles. The highest BCUT2D eigenvalue weighted by Crippen LogP contribution is 2.53. The van der Waals surface area contributed by atoms with Gasteiger partial charge in [0.2, 0.25) is 11.6 Å². The molecule has 0 aliphatic heterocycles. The number of aliphatic hydroxyl groups is 1. The van der Waals surface area contributed by atoms with Crippen LogP contribution in [0.15, 0.2) is 65.2 Å². The fraction of sp³-hybridized carbons (Fsp3) is 0.522. The summed E-state index contributed by atoms with van der Waals surface area (Å²) >= 11 is 3.23. The maximum Gasteiger partial charge on any atom is 0.205 e. The van der Waals surface area contributed by atoms with Crippen LogP contribution in [0, 0.1) is 34.1 Å². The van der Waals surface area contributed by atoms with Crippen LogP contribution in [0.3, 0.4) is 0 Å². The van der Waals surface area contributed by atoms with E-state index in [0.717, 1.165) is 44.6 Å². The van der Waals surface area contributed by atoms with E-state index in [9.17, 15) is 36.6 Å². The Bertz CT molecular complexity index is 2170.